The zero-order chi connectivity index (χ0) is 14.1. The molecule has 0 saturated carbocycles. The molecule has 1 aromatic heterocycles. The number of rotatable bonds is 4. The molecule has 1 N–H and O–H groups in total. The fourth-order valence-electron chi connectivity index (χ4n) is 2.95. The molecule has 1 aromatic carbocycles. The summed E-state index contributed by atoms with van der Waals surface area (Å²) < 4.78 is 1.54. The van der Waals surface area contributed by atoms with Crippen molar-refractivity contribution in [2.75, 3.05) is 7.05 Å². The quantitative estimate of drug-likeness (QED) is 0.829. The van der Waals surface area contributed by atoms with Gasteiger partial charge in [-0.2, -0.15) is 0 Å². The standard InChI is InChI=1S/C16H17Cl2NS/c1-19-14(13-9-15(17)20-16(13)18)8-10-5-6-11-3-2-4-12(11)7-10/h5-7,9,14,19H,2-4,8H2,1H3. The van der Waals surface area contributed by atoms with E-state index in [9.17, 15) is 0 Å². The molecule has 0 amide bonds. The van der Waals surface area contributed by atoms with Crippen molar-refractivity contribution >= 4 is 34.5 Å². The number of nitrogens with one attached hydrogen (secondary N) is 1. The number of hydrogen-bond donors (Lipinski definition) is 1. The SMILES string of the molecule is CNC(Cc1ccc2c(c1)CCC2)c1cc(Cl)sc1Cl. The van der Waals surface area contributed by atoms with Crippen LogP contribution in [0.15, 0.2) is 24.3 Å². The Morgan fingerprint density at radius 3 is 2.70 bits per heavy atom. The number of aryl methyl sites for hydroxylation is 2. The van der Waals surface area contributed by atoms with Crippen molar-refractivity contribution in [3.8, 4) is 0 Å². The summed E-state index contributed by atoms with van der Waals surface area (Å²) in [6, 6.07) is 9.08. The van der Waals surface area contributed by atoms with Gasteiger partial charge in [-0.3, -0.25) is 0 Å². The van der Waals surface area contributed by atoms with Gasteiger partial charge in [0.2, 0.25) is 0 Å². The molecule has 4 heteroatoms. The lowest BCUT2D eigenvalue weighted by Crippen LogP contribution is -2.18. The predicted molar refractivity (Wildman–Crippen MR) is 88.3 cm³/mol. The number of thiophene rings is 1. The topological polar surface area (TPSA) is 12.0 Å². The Hall–Kier alpha value is -0.540. The van der Waals surface area contributed by atoms with Crippen LogP contribution < -0.4 is 5.32 Å². The zero-order valence-electron chi connectivity index (χ0n) is 11.4. The fourth-order valence-corrected chi connectivity index (χ4v) is 4.53. The first-order valence-corrected chi connectivity index (χ1v) is 8.47. The van der Waals surface area contributed by atoms with Crippen molar-refractivity contribution in [1.82, 2.24) is 5.32 Å². The Balaban J connectivity index is 1.83. The van der Waals surface area contributed by atoms with Crippen molar-refractivity contribution in [2.24, 2.45) is 0 Å². The molecule has 0 radical (unpaired) electrons. The van der Waals surface area contributed by atoms with E-state index >= 15 is 0 Å². The maximum Gasteiger partial charge on any atom is 0.0992 e. The summed E-state index contributed by atoms with van der Waals surface area (Å²) >= 11 is 13.8. The van der Waals surface area contributed by atoms with Crippen LogP contribution in [0, 0.1) is 0 Å². The van der Waals surface area contributed by atoms with Crippen LogP contribution in [-0.4, -0.2) is 7.05 Å². The molecule has 2 aromatic rings. The lowest BCUT2D eigenvalue weighted by atomic mass is 9.98. The summed E-state index contributed by atoms with van der Waals surface area (Å²) in [6.07, 6.45) is 4.69. The molecule has 1 nitrogen and oxygen atoms in total. The van der Waals surface area contributed by atoms with E-state index in [0.29, 0.717) is 0 Å². The number of hydrogen-bond acceptors (Lipinski definition) is 2. The minimum Gasteiger partial charge on any atom is -0.313 e. The number of fused-ring (bicyclic) bond motifs is 1. The second kappa shape index (κ2) is 6.07. The Labute approximate surface area is 133 Å². The summed E-state index contributed by atoms with van der Waals surface area (Å²) in [5, 5.41) is 3.35. The van der Waals surface area contributed by atoms with Gasteiger partial charge in [0.25, 0.3) is 0 Å². The molecule has 1 atom stereocenters. The van der Waals surface area contributed by atoms with E-state index in [1.165, 1.54) is 47.3 Å². The van der Waals surface area contributed by atoms with E-state index in [-0.39, 0.29) is 6.04 Å². The van der Waals surface area contributed by atoms with Crippen molar-refractivity contribution < 1.29 is 0 Å². The van der Waals surface area contributed by atoms with Gasteiger partial charge >= 0.3 is 0 Å². The molecular weight excluding hydrogens is 309 g/mol. The maximum absolute atomic E-state index is 6.27. The molecule has 1 aliphatic rings. The second-order valence-corrected chi connectivity index (χ2v) is 7.57. The van der Waals surface area contributed by atoms with Crippen LogP contribution in [0.25, 0.3) is 0 Å². The molecule has 0 aliphatic heterocycles. The summed E-state index contributed by atoms with van der Waals surface area (Å²) in [7, 11) is 1.97. The number of halogens is 2. The van der Waals surface area contributed by atoms with Crippen molar-refractivity contribution in [2.45, 2.75) is 31.7 Å². The number of benzene rings is 1. The van der Waals surface area contributed by atoms with Crippen LogP contribution in [-0.2, 0) is 19.3 Å². The van der Waals surface area contributed by atoms with Gasteiger partial charge in [0.05, 0.1) is 8.67 Å². The molecule has 1 heterocycles. The third-order valence-electron chi connectivity index (χ3n) is 4.01. The van der Waals surface area contributed by atoms with Gasteiger partial charge in [0.15, 0.2) is 0 Å². The average molecular weight is 326 g/mol. The van der Waals surface area contributed by atoms with Gasteiger partial charge in [-0.25, -0.2) is 0 Å². The van der Waals surface area contributed by atoms with Crippen LogP contribution >= 0.6 is 34.5 Å². The summed E-state index contributed by atoms with van der Waals surface area (Å²) in [5.74, 6) is 0. The molecular formula is C16H17Cl2NS. The van der Waals surface area contributed by atoms with Gasteiger partial charge < -0.3 is 5.32 Å². The van der Waals surface area contributed by atoms with E-state index in [1.807, 2.05) is 13.1 Å². The van der Waals surface area contributed by atoms with Crippen LogP contribution in [0.3, 0.4) is 0 Å². The highest BCUT2D eigenvalue weighted by Gasteiger charge is 2.18. The zero-order valence-corrected chi connectivity index (χ0v) is 13.7. The third kappa shape index (κ3) is 2.89. The Morgan fingerprint density at radius 2 is 2.00 bits per heavy atom. The highest BCUT2D eigenvalue weighted by Crippen LogP contribution is 2.36. The monoisotopic (exact) mass is 325 g/mol. The Bertz CT molecular complexity index is 621. The highest BCUT2D eigenvalue weighted by atomic mass is 35.5. The van der Waals surface area contributed by atoms with Gasteiger partial charge in [0.1, 0.15) is 0 Å². The number of likely N-dealkylation sites (N-methyl/N-ethyl adjacent to an activating group) is 1. The third-order valence-corrected chi connectivity index (χ3v) is 5.53. The van der Waals surface area contributed by atoms with Crippen LogP contribution in [0.5, 0.6) is 0 Å². The molecule has 1 aliphatic carbocycles. The van der Waals surface area contributed by atoms with Crippen LogP contribution in [0.2, 0.25) is 8.67 Å². The van der Waals surface area contributed by atoms with Crippen LogP contribution in [0.1, 0.15) is 34.7 Å². The Morgan fingerprint density at radius 1 is 1.20 bits per heavy atom. The summed E-state index contributed by atoms with van der Waals surface area (Å²) in [6.45, 7) is 0. The summed E-state index contributed by atoms with van der Waals surface area (Å²) in [4.78, 5) is 0. The van der Waals surface area contributed by atoms with Crippen molar-refractivity contribution in [3.63, 3.8) is 0 Å². The summed E-state index contributed by atoms with van der Waals surface area (Å²) in [5.41, 5.74) is 5.51. The van der Waals surface area contributed by atoms with E-state index in [2.05, 4.69) is 23.5 Å². The first kappa shape index (κ1) is 14.4. The Kier molecular flexibility index (Phi) is 4.37. The minimum atomic E-state index is 0.214. The minimum absolute atomic E-state index is 0.214. The van der Waals surface area contributed by atoms with Crippen molar-refractivity contribution in [3.05, 3.63) is 55.2 Å². The van der Waals surface area contributed by atoms with E-state index in [1.54, 1.807) is 0 Å². The second-order valence-electron chi connectivity index (χ2n) is 5.28. The van der Waals surface area contributed by atoms with Gasteiger partial charge in [-0.05, 0) is 55.5 Å². The normalized spacial score (nSPS) is 15.3. The first-order chi connectivity index (χ1) is 9.67. The molecule has 0 spiro atoms. The lowest BCUT2D eigenvalue weighted by Gasteiger charge is -2.16. The molecule has 1 unspecified atom stereocenters. The van der Waals surface area contributed by atoms with E-state index in [0.717, 1.165) is 20.7 Å². The van der Waals surface area contributed by atoms with Crippen molar-refractivity contribution in [1.29, 1.82) is 0 Å². The van der Waals surface area contributed by atoms with E-state index in [4.69, 9.17) is 23.2 Å². The molecule has 0 bridgehead atoms. The highest BCUT2D eigenvalue weighted by molar-refractivity contribution is 7.20. The van der Waals surface area contributed by atoms with E-state index < -0.39 is 0 Å². The van der Waals surface area contributed by atoms with Crippen LogP contribution in [0.4, 0.5) is 0 Å². The van der Waals surface area contributed by atoms with Gasteiger partial charge in [-0.1, -0.05) is 41.4 Å². The molecule has 0 fully saturated rings. The smallest absolute Gasteiger partial charge is 0.0992 e. The molecule has 3 rings (SSSR count). The molecule has 0 saturated heterocycles. The fraction of sp³-hybridized carbons (Fsp3) is 0.375. The predicted octanol–water partition coefficient (Wildman–Crippen LogP) is 5.05. The average Bonchev–Trinajstić information content (AvgIpc) is 3.01. The lowest BCUT2D eigenvalue weighted by molar-refractivity contribution is 0.594. The first-order valence-electron chi connectivity index (χ1n) is 6.90. The maximum atomic E-state index is 6.27. The van der Waals surface area contributed by atoms with Gasteiger partial charge in [-0.15, -0.1) is 11.3 Å². The van der Waals surface area contributed by atoms with Gasteiger partial charge in [0, 0.05) is 11.6 Å². The molecule has 106 valence electrons. The molecule has 20 heavy (non-hydrogen) atoms. The largest absolute Gasteiger partial charge is 0.313 e.